The summed E-state index contributed by atoms with van der Waals surface area (Å²) in [7, 11) is 0. The average Bonchev–Trinajstić information content (AvgIpc) is 2.19. The van der Waals surface area contributed by atoms with Crippen molar-refractivity contribution in [3.05, 3.63) is 29.8 Å². The molecule has 0 saturated heterocycles. The van der Waals surface area contributed by atoms with Crippen molar-refractivity contribution in [3.8, 4) is 0 Å². The van der Waals surface area contributed by atoms with Crippen molar-refractivity contribution in [1.82, 2.24) is 0 Å². The highest BCUT2D eigenvalue weighted by Crippen LogP contribution is 2.10. The first-order valence-electron chi connectivity index (χ1n) is 4.90. The van der Waals surface area contributed by atoms with Gasteiger partial charge in [0.1, 0.15) is 0 Å². The molecule has 0 amide bonds. The van der Waals surface area contributed by atoms with Gasteiger partial charge in [-0.25, -0.2) is 0 Å². The van der Waals surface area contributed by atoms with Gasteiger partial charge in [-0.1, -0.05) is 44.5 Å². The Hall–Kier alpha value is 0.466. The van der Waals surface area contributed by atoms with Crippen LogP contribution in [0.3, 0.4) is 0 Å². The zero-order valence-electron chi connectivity index (χ0n) is 8.39. The Morgan fingerprint density at radius 1 is 1.31 bits per heavy atom. The molecule has 2 heteroatoms. The van der Waals surface area contributed by atoms with Crippen molar-refractivity contribution in [3.63, 3.8) is 0 Å². The van der Waals surface area contributed by atoms with Crippen LogP contribution in [0.5, 0.6) is 0 Å². The minimum absolute atomic E-state index is 0.144. The van der Waals surface area contributed by atoms with Crippen LogP contribution in [0, 0.1) is 5.92 Å². The first-order chi connectivity index (χ1) is 6.26. The van der Waals surface area contributed by atoms with E-state index in [0.29, 0.717) is 0 Å². The smallest absolute Gasteiger partial charge is 0.296 e. The van der Waals surface area contributed by atoms with Crippen molar-refractivity contribution in [2.75, 3.05) is 0 Å². The van der Waals surface area contributed by atoms with Gasteiger partial charge in [0, 0.05) is 0 Å². The maximum atomic E-state index is 3.59. The first kappa shape index (κ1) is 11.5. The van der Waals surface area contributed by atoms with Crippen LogP contribution in [0.4, 0.5) is 0 Å². The first-order valence-corrected chi connectivity index (χ1v) is 9.50. The van der Waals surface area contributed by atoms with Crippen LogP contribution < -0.4 is 3.69 Å². The lowest BCUT2D eigenvalue weighted by atomic mass is 9.99. The van der Waals surface area contributed by atoms with Gasteiger partial charge in [0.05, 0.1) is 0 Å². The fourth-order valence-corrected chi connectivity index (χ4v) is 2.85. The van der Waals surface area contributed by atoms with Gasteiger partial charge in [0.25, 0.3) is 0 Å². The molecule has 0 heterocycles. The highest BCUT2D eigenvalue weighted by Gasteiger charge is 2.01. The minimum Gasteiger partial charge on any atom is -0.296 e. The fourth-order valence-electron chi connectivity index (χ4n) is 1.31. The van der Waals surface area contributed by atoms with Crippen molar-refractivity contribution >= 4 is 34.8 Å². The SMILES string of the molecule is CC[C@H](C)Cc1cc[c]([Mg][Br])cc1. The highest BCUT2D eigenvalue weighted by molar-refractivity contribution is 9.23. The normalized spacial score (nSPS) is 12.2. The van der Waals surface area contributed by atoms with Crippen LogP contribution in [0.15, 0.2) is 24.3 Å². The maximum Gasteiger partial charge on any atom is 0.506 e. The Kier molecular flexibility index (Phi) is 5.37. The summed E-state index contributed by atoms with van der Waals surface area (Å²) in [6.45, 7) is 4.57. The van der Waals surface area contributed by atoms with E-state index in [2.05, 4.69) is 51.0 Å². The summed E-state index contributed by atoms with van der Waals surface area (Å²) in [4.78, 5) is 0. The third-order valence-electron chi connectivity index (χ3n) is 2.46. The molecule has 0 saturated carbocycles. The molecule has 0 aliphatic heterocycles. The molecule has 1 aromatic carbocycles. The van der Waals surface area contributed by atoms with Gasteiger partial charge >= 0.3 is 18.2 Å². The van der Waals surface area contributed by atoms with Crippen molar-refractivity contribution < 1.29 is 0 Å². The maximum absolute atomic E-state index is 3.59. The predicted octanol–water partition coefficient (Wildman–Crippen LogP) is 2.91. The molecule has 1 atom stereocenters. The second kappa shape index (κ2) is 6.04. The summed E-state index contributed by atoms with van der Waals surface area (Å²) < 4.78 is 1.49. The highest BCUT2D eigenvalue weighted by atomic mass is 79.9. The lowest BCUT2D eigenvalue weighted by molar-refractivity contribution is 0.560. The number of rotatable bonds is 4. The van der Waals surface area contributed by atoms with Gasteiger partial charge in [-0.05, 0) is 17.9 Å². The van der Waals surface area contributed by atoms with E-state index in [4.69, 9.17) is 0 Å². The number of benzene rings is 1. The largest absolute Gasteiger partial charge is 0.506 e. The molecule has 0 bridgehead atoms. The third-order valence-corrected chi connectivity index (χ3v) is 5.18. The Morgan fingerprint density at radius 2 is 1.92 bits per heavy atom. The summed E-state index contributed by atoms with van der Waals surface area (Å²) >= 11 is 3.44. The molecule has 0 aliphatic rings. The van der Waals surface area contributed by atoms with E-state index in [1.165, 1.54) is 22.1 Å². The summed E-state index contributed by atoms with van der Waals surface area (Å²) in [5.74, 6) is 0.812. The lowest BCUT2D eigenvalue weighted by Crippen LogP contribution is -2.08. The molecular weight excluding hydrogens is 236 g/mol. The molecule has 0 N–H and O–H groups in total. The van der Waals surface area contributed by atoms with Crippen LogP contribution in [0.1, 0.15) is 25.8 Å². The third kappa shape index (κ3) is 4.00. The summed E-state index contributed by atoms with van der Waals surface area (Å²) in [6.07, 6.45) is 2.50. The summed E-state index contributed by atoms with van der Waals surface area (Å²) in [5.41, 5.74) is 1.48. The van der Waals surface area contributed by atoms with Gasteiger partial charge in [-0.2, -0.15) is 3.69 Å². The van der Waals surface area contributed by atoms with E-state index >= 15 is 0 Å². The molecule has 0 fully saturated rings. The Balaban J connectivity index is 2.58. The van der Waals surface area contributed by atoms with Gasteiger partial charge in [0.15, 0.2) is 0 Å². The van der Waals surface area contributed by atoms with Crippen LogP contribution in [-0.4, -0.2) is 18.2 Å². The van der Waals surface area contributed by atoms with E-state index in [1.807, 2.05) is 0 Å². The van der Waals surface area contributed by atoms with Crippen molar-refractivity contribution in [2.45, 2.75) is 26.7 Å². The summed E-state index contributed by atoms with van der Waals surface area (Å²) in [5, 5.41) is 0. The topological polar surface area (TPSA) is 0 Å². The molecule has 0 spiro atoms. The van der Waals surface area contributed by atoms with E-state index < -0.39 is 0 Å². The second-order valence-corrected chi connectivity index (χ2v) is 6.43. The average molecular weight is 251 g/mol. The van der Waals surface area contributed by atoms with Crippen molar-refractivity contribution in [2.24, 2.45) is 5.92 Å². The van der Waals surface area contributed by atoms with Gasteiger partial charge in [-0.3, -0.25) is 12.9 Å². The predicted molar refractivity (Wildman–Crippen MR) is 63.9 cm³/mol. The van der Waals surface area contributed by atoms with E-state index in [9.17, 15) is 0 Å². The molecule has 0 unspecified atom stereocenters. The van der Waals surface area contributed by atoms with E-state index in [0.717, 1.165) is 5.92 Å². The Bertz CT molecular complexity index is 243. The summed E-state index contributed by atoms with van der Waals surface area (Å²) in [6, 6.07) is 9.07. The number of halogens is 1. The van der Waals surface area contributed by atoms with Crippen LogP contribution in [0.2, 0.25) is 0 Å². The van der Waals surface area contributed by atoms with Gasteiger partial charge < -0.3 is 0 Å². The number of hydrogen-bond donors (Lipinski definition) is 0. The lowest BCUT2D eigenvalue weighted by Gasteiger charge is -2.08. The quantitative estimate of drug-likeness (QED) is 0.722. The minimum atomic E-state index is -0.144. The Labute approximate surface area is 96.7 Å². The van der Waals surface area contributed by atoms with Crippen LogP contribution in [-0.2, 0) is 6.42 Å². The fraction of sp³-hybridized carbons (Fsp3) is 0.455. The zero-order valence-corrected chi connectivity index (χ0v) is 11.4. The van der Waals surface area contributed by atoms with Gasteiger partial charge in [-0.15, -0.1) is 0 Å². The molecule has 1 rings (SSSR count). The molecule has 1 aromatic rings. The molecule has 68 valence electrons. The molecule has 0 radical (unpaired) electrons. The van der Waals surface area contributed by atoms with Crippen LogP contribution >= 0.6 is 12.9 Å². The molecule has 0 aromatic heterocycles. The van der Waals surface area contributed by atoms with Gasteiger partial charge in [0.2, 0.25) is 0 Å². The Morgan fingerprint density at radius 3 is 2.38 bits per heavy atom. The second-order valence-electron chi connectivity index (χ2n) is 3.67. The monoisotopic (exact) mass is 250 g/mol. The molecular formula is C11H15BrMg. The zero-order chi connectivity index (χ0) is 9.68. The van der Waals surface area contributed by atoms with E-state index in [-0.39, 0.29) is 18.2 Å². The molecule has 0 aliphatic carbocycles. The number of hydrogen-bond acceptors (Lipinski definition) is 0. The van der Waals surface area contributed by atoms with Crippen LogP contribution in [0.25, 0.3) is 0 Å². The van der Waals surface area contributed by atoms with E-state index in [1.54, 1.807) is 0 Å². The van der Waals surface area contributed by atoms with Crippen molar-refractivity contribution in [1.29, 1.82) is 0 Å². The molecule has 0 nitrogen and oxygen atoms in total. The molecule has 13 heavy (non-hydrogen) atoms. The standard InChI is InChI=1S/C11H15.BrH.Mg/c1-3-10(2)9-11-7-5-4-6-8-11;;/h5-8,10H,3,9H2,1-2H3;1H;/q;;+1/p-1/t10-;;/m0../s1.